The van der Waals surface area contributed by atoms with Crippen molar-refractivity contribution in [2.45, 2.75) is 39.8 Å². The van der Waals surface area contributed by atoms with Crippen molar-refractivity contribution in [1.82, 2.24) is 9.78 Å². The topological polar surface area (TPSA) is 88.7 Å². The maximum absolute atomic E-state index is 12.4. The normalized spacial score (nSPS) is 16.6. The summed E-state index contributed by atoms with van der Waals surface area (Å²) in [6.07, 6.45) is 1.56. The van der Waals surface area contributed by atoms with Crippen molar-refractivity contribution in [1.29, 1.82) is 0 Å². The van der Waals surface area contributed by atoms with Crippen LogP contribution in [0.5, 0.6) is 5.75 Å². The average molecular weight is 328 g/mol. The minimum absolute atomic E-state index is 0.0214. The number of aryl methyl sites for hydroxylation is 3. The Hall–Kier alpha value is -2.83. The number of phenolic OH excluding ortho intramolecular Hbond substituents is 1. The number of aromatic nitrogens is 2. The molecule has 1 aliphatic heterocycles. The van der Waals surface area contributed by atoms with Gasteiger partial charge in [0.15, 0.2) is 0 Å². The third-order valence-corrected chi connectivity index (χ3v) is 3.95. The molecule has 7 heteroatoms. The number of benzene rings is 1. The van der Waals surface area contributed by atoms with Crippen molar-refractivity contribution < 1.29 is 14.7 Å². The number of carbonyl (C=O) groups excluding carboxylic acids is 1. The highest BCUT2D eigenvalue weighted by molar-refractivity contribution is 6.06. The van der Waals surface area contributed by atoms with E-state index in [4.69, 9.17) is 4.84 Å². The van der Waals surface area contributed by atoms with E-state index in [0.717, 1.165) is 23.4 Å². The summed E-state index contributed by atoms with van der Waals surface area (Å²) in [7, 11) is 0. The lowest BCUT2D eigenvalue weighted by Gasteiger charge is -2.11. The number of anilines is 1. The minimum atomic E-state index is -0.718. The number of phenols is 1. The van der Waals surface area contributed by atoms with Gasteiger partial charge in [-0.2, -0.15) is 5.10 Å². The third kappa shape index (κ3) is 3.10. The number of nitrogens with zero attached hydrogens (tertiary/aromatic N) is 3. The molecule has 0 unspecified atom stereocenters. The van der Waals surface area contributed by atoms with Crippen LogP contribution in [0.4, 0.5) is 5.69 Å². The van der Waals surface area contributed by atoms with E-state index in [-0.39, 0.29) is 11.7 Å². The van der Waals surface area contributed by atoms with Crippen LogP contribution in [-0.2, 0) is 16.2 Å². The number of oxime groups is 1. The first-order valence-corrected chi connectivity index (χ1v) is 7.85. The van der Waals surface area contributed by atoms with Crippen LogP contribution in [0.2, 0.25) is 0 Å². The Balaban J connectivity index is 1.69. The van der Waals surface area contributed by atoms with Gasteiger partial charge in [-0.05, 0) is 38.5 Å². The van der Waals surface area contributed by atoms with Crippen molar-refractivity contribution in [3.05, 3.63) is 41.2 Å². The van der Waals surface area contributed by atoms with Crippen LogP contribution >= 0.6 is 0 Å². The first kappa shape index (κ1) is 16.0. The smallest absolute Gasteiger partial charge is 0.268 e. The molecular formula is C17H20N4O3. The minimum Gasteiger partial charge on any atom is -0.506 e. The van der Waals surface area contributed by atoms with Crippen LogP contribution in [0, 0.1) is 13.8 Å². The van der Waals surface area contributed by atoms with E-state index < -0.39 is 6.10 Å². The Bertz CT molecular complexity index is 810. The molecule has 0 bridgehead atoms. The molecule has 1 atom stereocenters. The molecular weight excluding hydrogens is 308 g/mol. The van der Waals surface area contributed by atoms with Gasteiger partial charge in [-0.15, -0.1) is 0 Å². The highest BCUT2D eigenvalue weighted by Crippen LogP contribution is 2.26. The fourth-order valence-electron chi connectivity index (χ4n) is 2.60. The second-order valence-corrected chi connectivity index (χ2v) is 5.83. The Morgan fingerprint density at radius 1 is 1.46 bits per heavy atom. The van der Waals surface area contributed by atoms with Crippen LogP contribution < -0.4 is 5.32 Å². The van der Waals surface area contributed by atoms with Gasteiger partial charge < -0.3 is 15.3 Å². The van der Waals surface area contributed by atoms with Gasteiger partial charge in [-0.25, -0.2) is 0 Å². The molecule has 1 aliphatic rings. The molecule has 1 aromatic carbocycles. The second-order valence-electron chi connectivity index (χ2n) is 5.83. The lowest BCUT2D eigenvalue weighted by Crippen LogP contribution is -2.28. The summed E-state index contributed by atoms with van der Waals surface area (Å²) in [5, 5.41) is 20.9. The zero-order valence-electron chi connectivity index (χ0n) is 13.9. The lowest BCUT2D eigenvalue weighted by molar-refractivity contribution is -0.125. The van der Waals surface area contributed by atoms with E-state index in [2.05, 4.69) is 15.6 Å². The molecule has 2 N–H and O–H groups in total. The summed E-state index contributed by atoms with van der Waals surface area (Å²) in [4.78, 5) is 17.6. The zero-order chi connectivity index (χ0) is 17.3. The summed E-state index contributed by atoms with van der Waals surface area (Å²) in [6, 6.07) is 5.02. The molecule has 126 valence electrons. The van der Waals surface area contributed by atoms with Crippen LogP contribution in [0.1, 0.15) is 30.2 Å². The predicted octanol–water partition coefficient (Wildman–Crippen LogP) is 2.36. The molecule has 0 aliphatic carbocycles. The van der Waals surface area contributed by atoms with Gasteiger partial charge >= 0.3 is 0 Å². The maximum atomic E-state index is 12.4. The van der Waals surface area contributed by atoms with Crippen molar-refractivity contribution in [3.63, 3.8) is 0 Å². The molecule has 24 heavy (non-hydrogen) atoms. The molecule has 0 spiro atoms. The molecule has 0 saturated carbocycles. The Labute approximate surface area is 139 Å². The number of aromatic hydroxyl groups is 1. The number of carbonyl (C=O) groups is 1. The Kier molecular flexibility index (Phi) is 4.24. The standard InChI is InChI=1S/C17H20N4O3/c1-4-21-9-12(11(3)19-21)13-8-16(24-20-13)17(23)18-14-7-10(2)5-6-15(14)22/h5-7,9,16,22H,4,8H2,1-3H3,(H,18,23)/t16-/m0/s1. The van der Waals surface area contributed by atoms with Crippen LogP contribution in [0.15, 0.2) is 29.6 Å². The summed E-state index contributed by atoms with van der Waals surface area (Å²) in [6.45, 7) is 6.57. The van der Waals surface area contributed by atoms with Gasteiger partial charge in [0.2, 0.25) is 6.10 Å². The third-order valence-electron chi connectivity index (χ3n) is 3.95. The lowest BCUT2D eigenvalue weighted by atomic mass is 10.1. The monoisotopic (exact) mass is 328 g/mol. The van der Waals surface area contributed by atoms with E-state index in [1.165, 1.54) is 0 Å². The van der Waals surface area contributed by atoms with E-state index in [9.17, 15) is 9.90 Å². The predicted molar refractivity (Wildman–Crippen MR) is 90.1 cm³/mol. The average Bonchev–Trinajstić information content (AvgIpc) is 3.17. The quantitative estimate of drug-likeness (QED) is 0.843. The van der Waals surface area contributed by atoms with Crippen molar-refractivity contribution in [3.8, 4) is 5.75 Å². The van der Waals surface area contributed by atoms with E-state index in [1.54, 1.807) is 18.2 Å². The fourth-order valence-corrected chi connectivity index (χ4v) is 2.60. The summed E-state index contributed by atoms with van der Waals surface area (Å²) < 4.78 is 1.82. The number of nitrogens with one attached hydrogen (secondary N) is 1. The number of rotatable bonds is 4. The van der Waals surface area contributed by atoms with Crippen molar-refractivity contribution in [2.75, 3.05) is 5.32 Å². The number of hydrogen-bond donors (Lipinski definition) is 2. The Morgan fingerprint density at radius 3 is 2.96 bits per heavy atom. The van der Waals surface area contributed by atoms with Crippen molar-refractivity contribution >= 4 is 17.3 Å². The SMILES string of the molecule is CCn1cc(C2=NO[C@H](C(=O)Nc3cc(C)ccc3O)C2)c(C)n1. The first-order chi connectivity index (χ1) is 11.5. The molecule has 1 aromatic heterocycles. The van der Waals surface area contributed by atoms with Crippen molar-refractivity contribution in [2.24, 2.45) is 5.16 Å². The molecule has 2 aromatic rings. The molecule has 2 heterocycles. The van der Waals surface area contributed by atoms with E-state index in [0.29, 0.717) is 17.8 Å². The molecule has 0 saturated heterocycles. The van der Waals surface area contributed by atoms with Gasteiger partial charge in [0, 0.05) is 24.7 Å². The van der Waals surface area contributed by atoms with Gasteiger partial charge in [0.05, 0.1) is 17.1 Å². The van der Waals surface area contributed by atoms with Gasteiger partial charge in [0.25, 0.3) is 5.91 Å². The Morgan fingerprint density at radius 2 is 2.25 bits per heavy atom. The molecule has 1 amide bonds. The number of hydrogen-bond acceptors (Lipinski definition) is 5. The fraction of sp³-hybridized carbons (Fsp3) is 0.353. The van der Waals surface area contributed by atoms with Gasteiger partial charge in [0.1, 0.15) is 5.75 Å². The van der Waals surface area contributed by atoms with E-state index in [1.807, 2.05) is 31.6 Å². The highest BCUT2D eigenvalue weighted by Gasteiger charge is 2.30. The van der Waals surface area contributed by atoms with E-state index >= 15 is 0 Å². The first-order valence-electron chi connectivity index (χ1n) is 7.85. The largest absolute Gasteiger partial charge is 0.506 e. The maximum Gasteiger partial charge on any atom is 0.268 e. The van der Waals surface area contributed by atoms with Crippen LogP contribution in [0.25, 0.3) is 0 Å². The molecule has 7 nitrogen and oxygen atoms in total. The zero-order valence-corrected chi connectivity index (χ0v) is 13.9. The van der Waals surface area contributed by atoms with Crippen LogP contribution in [-0.4, -0.2) is 32.6 Å². The van der Waals surface area contributed by atoms with Gasteiger partial charge in [-0.1, -0.05) is 11.2 Å². The number of amides is 1. The van der Waals surface area contributed by atoms with Crippen LogP contribution in [0.3, 0.4) is 0 Å². The molecule has 0 fully saturated rings. The summed E-state index contributed by atoms with van der Waals surface area (Å²) in [5.74, 6) is -0.316. The molecule has 3 rings (SSSR count). The molecule has 0 radical (unpaired) electrons. The highest BCUT2D eigenvalue weighted by atomic mass is 16.6. The summed E-state index contributed by atoms with van der Waals surface area (Å²) >= 11 is 0. The summed E-state index contributed by atoms with van der Waals surface area (Å²) in [5.41, 5.74) is 3.77. The van der Waals surface area contributed by atoms with Gasteiger partial charge in [-0.3, -0.25) is 9.48 Å². The second kappa shape index (κ2) is 6.35.